The second-order valence-corrected chi connectivity index (χ2v) is 5.20. The van der Waals surface area contributed by atoms with Crippen molar-refractivity contribution in [1.82, 2.24) is 0 Å². The van der Waals surface area contributed by atoms with E-state index in [0.29, 0.717) is 19.4 Å². The molecule has 1 aromatic carbocycles. The second-order valence-electron chi connectivity index (χ2n) is 5.20. The Labute approximate surface area is 112 Å². The van der Waals surface area contributed by atoms with Crippen LogP contribution in [0.4, 0.5) is 5.69 Å². The highest BCUT2D eigenvalue weighted by Gasteiger charge is 2.24. The van der Waals surface area contributed by atoms with Gasteiger partial charge in [-0.25, -0.2) is 0 Å². The Morgan fingerprint density at radius 2 is 2.21 bits per heavy atom. The Hall–Kier alpha value is -1.68. The first-order valence-corrected chi connectivity index (χ1v) is 6.79. The summed E-state index contributed by atoms with van der Waals surface area (Å²) in [6.45, 7) is 1.30. The Kier molecular flexibility index (Phi) is 3.34. The van der Waals surface area contributed by atoms with Gasteiger partial charge in [-0.2, -0.15) is 0 Å². The molecule has 1 aromatic rings. The second kappa shape index (κ2) is 5.13. The molecule has 2 heterocycles. The van der Waals surface area contributed by atoms with Gasteiger partial charge in [-0.3, -0.25) is 9.59 Å². The van der Waals surface area contributed by atoms with Crippen LogP contribution in [-0.4, -0.2) is 24.9 Å². The molecule has 100 valence electrons. The number of benzene rings is 1. The molecule has 2 aliphatic rings. The van der Waals surface area contributed by atoms with Gasteiger partial charge in [0.25, 0.3) is 0 Å². The predicted octanol–water partition coefficient (Wildman–Crippen LogP) is 2.18. The SMILES string of the molecule is O=C1CCc2cc(C(=O)C3CCCOC3)ccc2N1. The number of aryl methyl sites for hydroxylation is 1. The van der Waals surface area contributed by atoms with Crippen LogP contribution in [0, 0.1) is 5.92 Å². The highest BCUT2D eigenvalue weighted by atomic mass is 16.5. The molecule has 0 radical (unpaired) electrons. The van der Waals surface area contributed by atoms with Gasteiger partial charge in [0.1, 0.15) is 0 Å². The van der Waals surface area contributed by atoms with E-state index in [-0.39, 0.29) is 17.6 Å². The van der Waals surface area contributed by atoms with Gasteiger partial charge in [0.15, 0.2) is 5.78 Å². The van der Waals surface area contributed by atoms with Crippen LogP contribution in [0.25, 0.3) is 0 Å². The molecule has 1 saturated heterocycles. The van der Waals surface area contributed by atoms with E-state index in [1.54, 1.807) is 6.07 Å². The van der Waals surface area contributed by atoms with Crippen LogP contribution in [-0.2, 0) is 16.0 Å². The maximum Gasteiger partial charge on any atom is 0.224 e. The zero-order valence-corrected chi connectivity index (χ0v) is 10.8. The third-order valence-corrected chi connectivity index (χ3v) is 3.82. The quantitative estimate of drug-likeness (QED) is 0.828. The van der Waals surface area contributed by atoms with E-state index in [1.807, 2.05) is 12.1 Å². The standard InChI is InChI=1S/C15H17NO3/c17-14-6-4-10-8-11(3-5-13(10)16-14)15(18)12-2-1-7-19-9-12/h3,5,8,12H,1-2,4,6-7,9H2,(H,16,17). The molecule has 1 atom stereocenters. The molecule has 1 unspecified atom stereocenters. The zero-order chi connectivity index (χ0) is 13.2. The fourth-order valence-corrected chi connectivity index (χ4v) is 2.72. The molecule has 1 N–H and O–H groups in total. The number of hydrogen-bond donors (Lipinski definition) is 1. The van der Waals surface area contributed by atoms with Crippen LogP contribution >= 0.6 is 0 Å². The van der Waals surface area contributed by atoms with Crippen molar-refractivity contribution in [2.45, 2.75) is 25.7 Å². The van der Waals surface area contributed by atoms with Crippen LogP contribution in [0.3, 0.4) is 0 Å². The van der Waals surface area contributed by atoms with Crippen LogP contribution in [0.5, 0.6) is 0 Å². The van der Waals surface area contributed by atoms with Crippen LogP contribution in [0.2, 0.25) is 0 Å². The monoisotopic (exact) mass is 259 g/mol. The van der Waals surface area contributed by atoms with E-state index >= 15 is 0 Å². The van der Waals surface area contributed by atoms with E-state index in [1.165, 1.54) is 0 Å². The largest absolute Gasteiger partial charge is 0.381 e. The average molecular weight is 259 g/mol. The maximum absolute atomic E-state index is 12.4. The summed E-state index contributed by atoms with van der Waals surface area (Å²) in [6, 6.07) is 5.57. The number of fused-ring (bicyclic) bond motifs is 1. The first kappa shape index (κ1) is 12.4. The molecule has 2 aliphatic heterocycles. The highest BCUT2D eigenvalue weighted by molar-refractivity contribution is 6.00. The van der Waals surface area contributed by atoms with Crippen LogP contribution in [0.15, 0.2) is 18.2 Å². The molecule has 0 saturated carbocycles. The molecule has 19 heavy (non-hydrogen) atoms. The first-order chi connectivity index (χ1) is 9.24. The Morgan fingerprint density at radius 3 is 3.00 bits per heavy atom. The van der Waals surface area contributed by atoms with E-state index in [9.17, 15) is 9.59 Å². The number of nitrogens with one attached hydrogen (secondary N) is 1. The maximum atomic E-state index is 12.4. The summed E-state index contributed by atoms with van der Waals surface area (Å²) in [4.78, 5) is 23.7. The lowest BCUT2D eigenvalue weighted by Gasteiger charge is -2.22. The van der Waals surface area contributed by atoms with Crippen molar-refractivity contribution >= 4 is 17.4 Å². The molecule has 0 spiro atoms. The first-order valence-electron chi connectivity index (χ1n) is 6.79. The number of Topliss-reactive ketones (excluding diaryl/α,β-unsaturated/α-hetero) is 1. The number of anilines is 1. The lowest BCUT2D eigenvalue weighted by molar-refractivity contribution is -0.116. The Bertz CT molecular complexity index is 518. The number of ketones is 1. The molecule has 3 rings (SSSR count). The summed E-state index contributed by atoms with van der Waals surface area (Å²) < 4.78 is 5.37. The molecule has 1 amide bonds. The number of rotatable bonds is 2. The predicted molar refractivity (Wildman–Crippen MR) is 71.3 cm³/mol. The number of carbonyl (C=O) groups excluding carboxylic acids is 2. The van der Waals surface area contributed by atoms with Gasteiger partial charge in [-0.15, -0.1) is 0 Å². The summed E-state index contributed by atoms with van der Waals surface area (Å²) in [5.41, 5.74) is 2.64. The number of hydrogen-bond acceptors (Lipinski definition) is 3. The fourth-order valence-electron chi connectivity index (χ4n) is 2.72. The van der Waals surface area contributed by atoms with Gasteiger partial charge in [-0.05, 0) is 43.0 Å². The highest BCUT2D eigenvalue weighted by Crippen LogP contribution is 2.26. The lowest BCUT2D eigenvalue weighted by atomic mass is 9.90. The minimum absolute atomic E-state index is 0.00928. The molecular formula is C15H17NO3. The summed E-state index contributed by atoms with van der Waals surface area (Å²) in [6.07, 6.45) is 3.07. The lowest BCUT2D eigenvalue weighted by Crippen LogP contribution is -2.26. The average Bonchev–Trinajstić information content (AvgIpc) is 2.47. The minimum atomic E-state index is -0.00928. The molecule has 4 nitrogen and oxygen atoms in total. The molecule has 1 fully saturated rings. The van der Waals surface area contributed by atoms with E-state index < -0.39 is 0 Å². The Morgan fingerprint density at radius 1 is 1.32 bits per heavy atom. The number of ether oxygens (including phenoxy) is 1. The van der Waals surface area contributed by atoms with Crippen molar-refractivity contribution in [3.8, 4) is 0 Å². The summed E-state index contributed by atoms with van der Waals surface area (Å²) in [7, 11) is 0. The van der Waals surface area contributed by atoms with Gasteiger partial charge in [0, 0.05) is 30.2 Å². The molecule has 0 aromatic heterocycles. The van der Waals surface area contributed by atoms with Crippen molar-refractivity contribution in [3.63, 3.8) is 0 Å². The summed E-state index contributed by atoms with van der Waals surface area (Å²) in [5.74, 6) is 0.205. The normalized spacial score (nSPS) is 22.5. The summed E-state index contributed by atoms with van der Waals surface area (Å²) in [5, 5.41) is 2.83. The molecule has 0 bridgehead atoms. The molecule has 4 heteroatoms. The third-order valence-electron chi connectivity index (χ3n) is 3.82. The Balaban J connectivity index is 1.81. The van der Waals surface area contributed by atoms with Crippen molar-refractivity contribution in [2.24, 2.45) is 5.92 Å². The van der Waals surface area contributed by atoms with Gasteiger partial charge >= 0.3 is 0 Å². The van der Waals surface area contributed by atoms with Gasteiger partial charge in [0.2, 0.25) is 5.91 Å². The van der Waals surface area contributed by atoms with Gasteiger partial charge < -0.3 is 10.1 Å². The molecule has 0 aliphatic carbocycles. The van der Waals surface area contributed by atoms with E-state index in [4.69, 9.17) is 4.74 Å². The number of carbonyl (C=O) groups is 2. The van der Waals surface area contributed by atoms with Crippen molar-refractivity contribution < 1.29 is 14.3 Å². The van der Waals surface area contributed by atoms with Crippen molar-refractivity contribution in [2.75, 3.05) is 18.5 Å². The van der Waals surface area contributed by atoms with E-state index in [2.05, 4.69) is 5.32 Å². The topological polar surface area (TPSA) is 55.4 Å². The number of amides is 1. The van der Waals surface area contributed by atoms with Crippen molar-refractivity contribution in [1.29, 1.82) is 0 Å². The smallest absolute Gasteiger partial charge is 0.224 e. The van der Waals surface area contributed by atoms with Crippen molar-refractivity contribution in [3.05, 3.63) is 29.3 Å². The van der Waals surface area contributed by atoms with E-state index in [0.717, 1.165) is 36.3 Å². The van der Waals surface area contributed by atoms with Crippen LogP contribution in [0.1, 0.15) is 35.2 Å². The van der Waals surface area contributed by atoms with Gasteiger partial charge in [-0.1, -0.05) is 0 Å². The third kappa shape index (κ3) is 2.54. The fraction of sp³-hybridized carbons (Fsp3) is 0.467. The summed E-state index contributed by atoms with van der Waals surface area (Å²) >= 11 is 0. The minimum Gasteiger partial charge on any atom is -0.381 e. The zero-order valence-electron chi connectivity index (χ0n) is 10.8. The van der Waals surface area contributed by atoms with Crippen LogP contribution < -0.4 is 5.32 Å². The van der Waals surface area contributed by atoms with Gasteiger partial charge in [0.05, 0.1) is 6.61 Å². The molecular weight excluding hydrogens is 242 g/mol.